The molecule has 3 nitrogen and oxygen atoms in total. The van der Waals surface area contributed by atoms with Crippen molar-refractivity contribution in [1.82, 2.24) is 4.90 Å². The molecule has 21 heavy (non-hydrogen) atoms. The zero-order valence-corrected chi connectivity index (χ0v) is 14.1. The highest BCUT2D eigenvalue weighted by atomic mass is 35.5. The Bertz CT molecular complexity index is 402. The molecule has 2 N–H and O–H groups in total. The monoisotopic (exact) mass is 318 g/mol. The molecule has 0 unspecified atom stereocenters. The van der Waals surface area contributed by atoms with Crippen molar-refractivity contribution in [1.29, 1.82) is 0 Å². The molecule has 0 aromatic heterocycles. The van der Waals surface area contributed by atoms with Gasteiger partial charge in [0.25, 0.3) is 0 Å². The van der Waals surface area contributed by atoms with Crippen molar-refractivity contribution < 1.29 is 9.13 Å². The molecule has 0 saturated heterocycles. The first kappa shape index (κ1) is 20.2. The molecule has 0 aliphatic rings. The number of rotatable bonds is 9. The van der Waals surface area contributed by atoms with Gasteiger partial charge in [0.2, 0.25) is 0 Å². The van der Waals surface area contributed by atoms with E-state index in [1.807, 2.05) is 0 Å². The van der Waals surface area contributed by atoms with E-state index in [0.717, 1.165) is 50.2 Å². The molecule has 1 aromatic rings. The van der Waals surface area contributed by atoms with Crippen LogP contribution < -0.4 is 10.5 Å². The van der Waals surface area contributed by atoms with E-state index in [2.05, 4.69) is 18.7 Å². The van der Waals surface area contributed by atoms with Crippen molar-refractivity contribution >= 4 is 12.4 Å². The maximum absolute atomic E-state index is 13.3. The lowest BCUT2D eigenvalue weighted by Gasteiger charge is -2.26. The predicted molar refractivity (Wildman–Crippen MR) is 88.9 cm³/mol. The molecule has 0 aliphatic heterocycles. The summed E-state index contributed by atoms with van der Waals surface area (Å²) in [5.74, 6) is 0.553. The van der Waals surface area contributed by atoms with Crippen molar-refractivity contribution in [3.05, 3.63) is 29.6 Å². The second-order valence-corrected chi connectivity index (χ2v) is 5.33. The van der Waals surface area contributed by atoms with E-state index in [1.165, 1.54) is 6.07 Å². The summed E-state index contributed by atoms with van der Waals surface area (Å²) in [4.78, 5) is 2.40. The zero-order valence-electron chi connectivity index (χ0n) is 13.3. The molecule has 0 fully saturated rings. The normalized spacial score (nSPS) is 10.8. The minimum Gasteiger partial charge on any atom is -0.496 e. The van der Waals surface area contributed by atoms with Gasteiger partial charge >= 0.3 is 0 Å². The molecule has 0 atom stereocenters. The van der Waals surface area contributed by atoms with Gasteiger partial charge in [-0.15, -0.1) is 12.4 Å². The molecule has 0 amide bonds. The third-order valence-electron chi connectivity index (χ3n) is 3.54. The van der Waals surface area contributed by atoms with Crippen LogP contribution in [0.4, 0.5) is 4.39 Å². The molecule has 0 spiro atoms. The van der Waals surface area contributed by atoms with Gasteiger partial charge in [0.05, 0.1) is 7.11 Å². The molecule has 0 aliphatic carbocycles. The molecular weight excluding hydrogens is 291 g/mol. The minimum absolute atomic E-state index is 0. The number of nitrogens with zero attached hydrogens (tertiary/aromatic N) is 1. The fourth-order valence-corrected chi connectivity index (χ4v) is 2.29. The van der Waals surface area contributed by atoms with Gasteiger partial charge in [-0.25, -0.2) is 4.39 Å². The highest BCUT2D eigenvalue weighted by Gasteiger charge is 2.11. The third kappa shape index (κ3) is 7.11. The molecule has 0 bridgehead atoms. The average molecular weight is 319 g/mol. The molecule has 122 valence electrons. The predicted octanol–water partition coefficient (Wildman–Crippen LogP) is 3.25. The van der Waals surface area contributed by atoms with Crippen LogP contribution in [0.3, 0.4) is 0 Å². The van der Waals surface area contributed by atoms with Crippen molar-refractivity contribution in [2.24, 2.45) is 5.73 Å². The summed E-state index contributed by atoms with van der Waals surface area (Å²) in [5, 5.41) is 0. The maximum atomic E-state index is 13.3. The van der Waals surface area contributed by atoms with Crippen LogP contribution in [0.25, 0.3) is 0 Å². The van der Waals surface area contributed by atoms with Gasteiger partial charge in [-0.2, -0.15) is 0 Å². The van der Waals surface area contributed by atoms with E-state index in [4.69, 9.17) is 10.5 Å². The lowest BCUT2D eigenvalue weighted by molar-refractivity contribution is 0.219. The minimum atomic E-state index is -0.208. The number of nitrogens with two attached hydrogens (primary N) is 1. The Labute approximate surface area is 134 Å². The van der Waals surface area contributed by atoms with Crippen molar-refractivity contribution in [3.63, 3.8) is 0 Å². The van der Waals surface area contributed by atoms with Gasteiger partial charge in [0.1, 0.15) is 11.6 Å². The van der Waals surface area contributed by atoms with Crippen molar-refractivity contribution in [2.75, 3.05) is 26.7 Å². The molecule has 1 rings (SSSR count). The Morgan fingerprint density at radius 1 is 1.24 bits per heavy atom. The van der Waals surface area contributed by atoms with Gasteiger partial charge < -0.3 is 15.4 Å². The summed E-state index contributed by atoms with van der Waals surface area (Å²) < 4.78 is 18.6. The number of unbranched alkanes of at least 4 members (excludes halogenated alkanes) is 1. The fourth-order valence-electron chi connectivity index (χ4n) is 2.29. The van der Waals surface area contributed by atoms with Gasteiger partial charge in [-0.1, -0.05) is 0 Å². The van der Waals surface area contributed by atoms with E-state index in [1.54, 1.807) is 19.2 Å². The quantitative estimate of drug-likeness (QED) is 0.710. The van der Waals surface area contributed by atoms with Gasteiger partial charge in [0.15, 0.2) is 0 Å². The van der Waals surface area contributed by atoms with Crippen LogP contribution in [0.5, 0.6) is 5.75 Å². The SMILES string of the molecule is COc1ccc(F)cc1CCN(CCCCN)C(C)C.Cl. The zero-order chi connectivity index (χ0) is 15.0. The van der Waals surface area contributed by atoms with Crippen LogP contribution in [-0.2, 0) is 6.42 Å². The van der Waals surface area contributed by atoms with E-state index in [-0.39, 0.29) is 18.2 Å². The van der Waals surface area contributed by atoms with Gasteiger partial charge in [-0.3, -0.25) is 0 Å². The van der Waals surface area contributed by atoms with Crippen molar-refractivity contribution in [2.45, 2.75) is 39.2 Å². The first-order valence-electron chi connectivity index (χ1n) is 7.35. The molecule has 1 aromatic carbocycles. The van der Waals surface area contributed by atoms with Crippen LogP contribution >= 0.6 is 12.4 Å². The number of hydrogen-bond donors (Lipinski definition) is 1. The summed E-state index contributed by atoms with van der Waals surface area (Å²) in [6.45, 7) is 7.05. The first-order chi connectivity index (χ1) is 9.58. The van der Waals surface area contributed by atoms with Gasteiger partial charge in [0, 0.05) is 12.6 Å². The first-order valence-corrected chi connectivity index (χ1v) is 7.35. The highest BCUT2D eigenvalue weighted by molar-refractivity contribution is 5.85. The van der Waals surface area contributed by atoms with Crippen LogP contribution in [0.15, 0.2) is 18.2 Å². The summed E-state index contributed by atoms with van der Waals surface area (Å²) >= 11 is 0. The highest BCUT2D eigenvalue weighted by Crippen LogP contribution is 2.20. The summed E-state index contributed by atoms with van der Waals surface area (Å²) in [5.41, 5.74) is 6.46. The summed E-state index contributed by atoms with van der Waals surface area (Å²) in [6, 6.07) is 5.17. The topological polar surface area (TPSA) is 38.5 Å². The Balaban J connectivity index is 0.00000400. The van der Waals surface area contributed by atoms with E-state index >= 15 is 0 Å². The number of methoxy groups -OCH3 is 1. The van der Waals surface area contributed by atoms with Gasteiger partial charge in [-0.05, 0) is 70.0 Å². The number of benzene rings is 1. The number of halogens is 2. The lowest BCUT2D eigenvalue weighted by atomic mass is 10.1. The van der Waals surface area contributed by atoms with E-state index < -0.39 is 0 Å². The third-order valence-corrected chi connectivity index (χ3v) is 3.54. The average Bonchev–Trinajstić information content (AvgIpc) is 2.42. The van der Waals surface area contributed by atoms with Crippen LogP contribution in [-0.4, -0.2) is 37.7 Å². The van der Waals surface area contributed by atoms with E-state index in [0.29, 0.717) is 6.04 Å². The number of hydrogen-bond acceptors (Lipinski definition) is 3. The summed E-state index contributed by atoms with van der Waals surface area (Å²) in [6.07, 6.45) is 2.95. The Hall–Kier alpha value is -0.840. The fraction of sp³-hybridized carbons (Fsp3) is 0.625. The van der Waals surface area contributed by atoms with Crippen molar-refractivity contribution in [3.8, 4) is 5.75 Å². The second kappa shape index (κ2) is 10.8. The van der Waals surface area contributed by atoms with Crippen LogP contribution in [0, 0.1) is 5.82 Å². The smallest absolute Gasteiger partial charge is 0.123 e. The second-order valence-electron chi connectivity index (χ2n) is 5.33. The largest absolute Gasteiger partial charge is 0.496 e. The molecule has 5 heteroatoms. The lowest BCUT2D eigenvalue weighted by Crippen LogP contribution is -2.34. The number of ether oxygens (including phenoxy) is 1. The maximum Gasteiger partial charge on any atom is 0.123 e. The van der Waals surface area contributed by atoms with E-state index in [9.17, 15) is 4.39 Å². The molecular formula is C16H28ClFN2O. The summed E-state index contributed by atoms with van der Waals surface area (Å²) in [7, 11) is 1.62. The standard InChI is InChI=1S/C16H27FN2O.ClH/c1-13(2)19(10-5-4-9-18)11-8-14-12-15(17)6-7-16(14)20-3;/h6-7,12-13H,4-5,8-11,18H2,1-3H3;1H. The molecule has 0 heterocycles. The molecule has 0 radical (unpaired) electrons. The Kier molecular flexibility index (Phi) is 10.4. The Morgan fingerprint density at radius 2 is 1.95 bits per heavy atom. The Morgan fingerprint density at radius 3 is 2.52 bits per heavy atom. The van der Waals surface area contributed by atoms with Crippen LogP contribution in [0.1, 0.15) is 32.3 Å². The molecule has 0 saturated carbocycles. The van der Waals surface area contributed by atoms with Crippen LogP contribution in [0.2, 0.25) is 0 Å².